The van der Waals surface area contributed by atoms with Crippen molar-refractivity contribution in [2.24, 2.45) is 0 Å². The van der Waals surface area contributed by atoms with Crippen LogP contribution in [0.5, 0.6) is 23.0 Å². The lowest BCUT2D eigenvalue weighted by molar-refractivity contribution is -0.143. The number of benzene rings is 2. The molecule has 0 aliphatic rings. The predicted octanol–water partition coefficient (Wildman–Crippen LogP) is 4.20. The average molecular weight is 440 g/mol. The molecule has 0 aliphatic carbocycles. The Hall–Kier alpha value is -3.68. The number of carbonyl (C=O) groups is 1. The van der Waals surface area contributed by atoms with Gasteiger partial charge < -0.3 is 23.7 Å². The number of carbonyl (C=O) groups excluding carboxylic acids is 1. The maximum atomic E-state index is 11.9. The second-order valence-electron chi connectivity index (χ2n) is 6.83. The third kappa shape index (κ3) is 4.96. The van der Waals surface area contributed by atoms with Crippen LogP contribution < -0.4 is 18.9 Å². The molecule has 1 heterocycles. The molecule has 0 atom stereocenters. The molecule has 0 radical (unpaired) electrons. The molecule has 0 spiro atoms. The van der Waals surface area contributed by atoms with E-state index in [0.29, 0.717) is 36.1 Å². The lowest BCUT2D eigenvalue weighted by Gasteiger charge is -2.11. The van der Waals surface area contributed by atoms with Crippen LogP contribution in [-0.4, -0.2) is 50.8 Å². The van der Waals surface area contributed by atoms with E-state index < -0.39 is 0 Å². The van der Waals surface area contributed by atoms with Crippen LogP contribution in [0.25, 0.3) is 22.5 Å². The highest BCUT2D eigenvalue weighted by Crippen LogP contribution is 2.36. The van der Waals surface area contributed by atoms with Gasteiger partial charge in [-0.15, -0.1) is 0 Å². The fourth-order valence-electron chi connectivity index (χ4n) is 3.38. The molecule has 0 saturated carbocycles. The van der Waals surface area contributed by atoms with Gasteiger partial charge in [0.15, 0.2) is 23.0 Å². The molecular formula is C24H28N2O6. The smallest absolute Gasteiger partial charge is 0.307 e. The van der Waals surface area contributed by atoms with Crippen LogP contribution in [0.1, 0.15) is 13.3 Å². The zero-order valence-electron chi connectivity index (χ0n) is 19.0. The Labute approximate surface area is 187 Å². The number of aromatic nitrogens is 2. The zero-order valence-corrected chi connectivity index (χ0v) is 19.0. The topological polar surface area (TPSA) is 81.0 Å². The van der Waals surface area contributed by atoms with Crippen LogP contribution >= 0.6 is 0 Å². The molecule has 1 aromatic heterocycles. The average Bonchev–Trinajstić information content (AvgIpc) is 3.26. The third-order valence-corrected chi connectivity index (χ3v) is 4.97. The highest BCUT2D eigenvalue weighted by molar-refractivity contribution is 5.73. The summed E-state index contributed by atoms with van der Waals surface area (Å²) in [4.78, 5) is 11.9. The summed E-state index contributed by atoms with van der Waals surface area (Å²) < 4.78 is 28.4. The maximum absolute atomic E-state index is 11.9. The van der Waals surface area contributed by atoms with E-state index in [-0.39, 0.29) is 12.4 Å². The van der Waals surface area contributed by atoms with E-state index in [9.17, 15) is 4.79 Å². The number of aryl methyl sites for hydroxylation is 1. The van der Waals surface area contributed by atoms with Crippen molar-refractivity contribution in [1.82, 2.24) is 9.78 Å². The van der Waals surface area contributed by atoms with E-state index >= 15 is 0 Å². The van der Waals surface area contributed by atoms with Gasteiger partial charge in [-0.2, -0.15) is 5.10 Å². The molecule has 0 bridgehead atoms. The first kappa shape index (κ1) is 23.0. The summed E-state index contributed by atoms with van der Waals surface area (Å²) in [5.41, 5.74) is 3.31. The molecule has 0 unspecified atom stereocenters. The van der Waals surface area contributed by atoms with Crippen molar-refractivity contribution in [1.29, 1.82) is 0 Å². The van der Waals surface area contributed by atoms with Crippen molar-refractivity contribution in [2.75, 3.05) is 35.0 Å². The zero-order chi connectivity index (χ0) is 23.1. The minimum Gasteiger partial charge on any atom is -0.493 e. The van der Waals surface area contributed by atoms with Gasteiger partial charge in [-0.3, -0.25) is 9.48 Å². The fraction of sp³-hybridized carbons (Fsp3) is 0.333. The maximum Gasteiger partial charge on any atom is 0.307 e. The minimum absolute atomic E-state index is 0.210. The summed E-state index contributed by atoms with van der Waals surface area (Å²) in [7, 11) is 6.37. The largest absolute Gasteiger partial charge is 0.493 e. The van der Waals surface area contributed by atoms with Gasteiger partial charge in [-0.25, -0.2) is 0 Å². The number of rotatable bonds is 10. The molecule has 0 aliphatic heterocycles. The molecule has 170 valence electrons. The van der Waals surface area contributed by atoms with Gasteiger partial charge in [0.05, 0.1) is 59.4 Å². The number of nitrogens with zero attached hydrogens (tertiary/aromatic N) is 2. The van der Waals surface area contributed by atoms with Crippen molar-refractivity contribution in [3.05, 3.63) is 42.5 Å². The minimum atomic E-state index is -0.270. The monoisotopic (exact) mass is 440 g/mol. The van der Waals surface area contributed by atoms with E-state index in [1.165, 1.54) is 0 Å². The third-order valence-electron chi connectivity index (χ3n) is 4.97. The standard InChI is InChI=1S/C24H28N2O6/c1-6-32-24(27)11-12-26-19(17-8-10-21(29-3)23(14-17)31-5)15-18(25-26)16-7-9-20(28-2)22(13-16)30-4/h7-10,13-15H,6,11-12H2,1-5H3. The molecule has 0 N–H and O–H groups in total. The van der Waals surface area contributed by atoms with Gasteiger partial charge in [0.25, 0.3) is 0 Å². The number of ether oxygens (including phenoxy) is 5. The van der Waals surface area contributed by atoms with Gasteiger partial charge in [0, 0.05) is 11.1 Å². The Morgan fingerprint density at radius 3 is 1.94 bits per heavy atom. The number of hydrogen-bond acceptors (Lipinski definition) is 7. The number of hydrogen-bond donors (Lipinski definition) is 0. The Kier molecular flexibility index (Phi) is 7.59. The molecule has 0 amide bonds. The molecule has 32 heavy (non-hydrogen) atoms. The normalized spacial score (nSPS) is 10.5. The van der Waals surface area contributed by atoms with E-state index in [1.807, 2.05) is 42.5 Å². The number of methoxy groups -OCH3 is 4. The summed E-state index contributed by atoms with van der Waals surface area (Å²) >= 11 is 0. The Balaban J connectivity index is 2.05. The molecule has 3 rings (SSSR count). The molecule has 8 nitrogen and oxygen atoms in total. The highest BCUT2D eigenvalue weighted by atomic mass is 16.5. The fourth-order valence-corrected chi connectivity index (χ4v) is 3.38. The quantitative estimate of drug-likeness (QED) is 0.437. The summed E-state index contributed by atoms with van der Waals surface area (Å²) in [6, 6.07) is 13.2. The van der Waals surface area contributed by atoms with Crippen LogP contribution in [0.3, 0.4) is 0 Å². The van der Waals surface area contributed by atoms with Gasteiger partial charge in [-0.05, 0) is 49.4 Å². The van der Waals surface area contributed by atoms with E-state index in [0.717, 1.165) is 22.5 Å². The number of esters is 1. The predicted molar refractivity (Wildman–Crippen MR) is 121 cm³/mol. The second-order valence-corrected chi connectivity index (χ2v) is 6.83. The lowest BCUT2D eigenvalue weighted by atomic mass is 10.1. The first-order valence-corrected chi connectivity index (χ1v) is 10.2. The first-order valence-electron chi connectivity index (χ1n) is 10.2. The van der Waals surface area contributed by atoms with Crippen LogP contribution in [0, 0.1) is 0 Å². The van der Waals surface area contributed by atoms with Crippen molar-refractivity contribution in [3.8, 4) is 45.5 Å². The molecule has 2 aromatic carbocycles. The SMILES string of the molecule is CCOC(=O)CCn1nc(-c2ccc(OC)c(OC)c2)cc1-c1ccc(OC)c(OC)c1. The second kappa shape index (κ2) is 10.6. The van der Waals surface area contributed by atoms with E-state index in [4.69, 9.17) is 28.8 Å². The Morgan fingerprint density at radius 2 is 1.38 bits per heavy atom. The van der Waals surface area contributed by atoms with Crippen molar-refractivity contribution < 1.29 is 28.5 Å². The summed E-state index contributed by atoms with van der Waals surface area (Å²) in [5.74, 6) is 2.22. The molecule has 0 saturated heterocycles. The Bertz CT molecular complexity index is 1080. The summed E-state index contributed by atoms with van der Waals surface area (Å²) in [6.45, 7) is 2.50. The van der Waals surface area contributed by atoms with Crippen molar-refractivity contribution in [2.45, 2.75) is 19.9 Å². The summed E-state index contributed by atoms with van der Waals surface area (Å²) in [6.07, 6.45) is 0.210. The van der Waals surface area contributed by atoms with Gasteiger partial charge in [0.2, 0.25) is 0 Å². The van der Waals surface area contributed by atoms with Gasteiger partial charge in [0.1, 0.15) is 0 Å². The highest BCUT2D eigenvalue weighted by Gasteiger charge is 2.16. The van der Waals surface area contributed by atoms with Crippen molar-refractivity contribution >= 4 is 5.97 Å². The van der Waals surface area contributed by atoms with E-state index in [1.54, 1.807) is 40.0 Å². The van der Waals surface area contributed by atoms with Gasteiger partial charge in [-0.1, -0.05) is 0 Å². The molecule has 8 heteroatoms. The molecular weight excluding hydrogens is 412 g/mol. The van der Waals surface area contributed by atoms with Crippen LogP contribution in [0.4, 0.5) is 0 Å². The summed E-state index contributed by atoms with van der Waals surface area (Å²) in [5, 5.41) is 4.76. The van der Waals surface area contributed by atoms with Crippen LogP contribution in [-0.2, 0) is 16.1 Å². The van der Waals surface area contributed by atoms with E-state index in [2.05, 4.69) is 0 Å². The molecule has 0 fully saturated rings. The van der Waals surface area contributed by atoms with Crippen molar-refractivity contribution in [3.63, 3.8) is 0 Å². The van der Waals surface area contributed by atoms with Crippen LogP contribution in [0.15, 0.2) is 42.5 Å². The van der Waals surface area contributed by atoms with Gasteiger partial charge >= 0.3 is 5.97 Å². The lowest BCUT2D eigenvalue weighted by Crippen LogP contribution is -2.10. The molecule has 3 aromatic rings. The van der Waals surface area contributed by atoms with Crippen LogP contribution in [0.2, 0.25) is 0 Å². The first-order chi connectivity index (χ1) is 15.5. The Morgan fingerprint density at radius 1 is 0.812 bits per heavy atom.